The molecule has 1 aromatic heterocycles. The van der Waals surface area contributed by atoms with Crippen molar-refractivity contribution in [3.8, 4) is 5.69 Å². The van der Waals surface area contributed by atoms with Crippen molar-refractivity contribution in [1.82, 2.24) is 20.2 Å². The molecule has 166 valence electrons. The van der Waals surface area contributed by atoms with Crippen LogP contribution < -0.4 is 5.32 Å². The Morgan fingerprint density at radius 3 is 2.30 bits per heavy atom. The summed E-state index contributed by atoms with van der Waals surface area (Å²) in [5.41, 5.74) is 4.45. The molecule has 4 rings (SSSR count). The van der Waals surface area contributed by atoms with E-state index >= 15 is 0 Å². The van der Waals surface area contributed by atoms with Gasteiger partial charge in [-0.3, -0.25) is 9.59 Å². The summed E-state index contributed by atoms with van der Waals surface area (Å²) in [6, 6.07) is 22.0. The molecule has 0 aliphatic carbocycles. The Labute approximate surface area is 196 Å². The van der Waals surface area contributed by atoms with Crippen LogP contribution in [0.2, 0.25) is 0 Å². The van der Waals surface area contributed by atoms with E-state index in [1.165, 1.54) is 11.8 Å². The first kappa shape index (κ1) is 22.4. The van der Waals surface area contributed by atoms with Gasteiger partial charge in [0.2, 0.25) is 11.1 Å². The maximum Gasteiger partial charge on any atom is 0.237 e. The van der Waals surface area contributed by atoms with Crippen LogP contribution in [-0.2, 0) is 4.79 Å². The molecule has 1 atom stereocenters. The Morgan fingerprint density at radius 2 is 1.58 bits per heavy atom. The smallest absolute Gasteiger partial charge is 0.237 e. The summed E-state index contributed by atoms with van der Waals surface area (Å²) in [6.45, 7) is 5.77. The molecule has 4 aromatic rings. The van der Waals surface area contributed by atoms with Gasteiger partial charge in [-0.05, 0) is 54.5 Å². The number of rotatable bonds is 7. The number of hydrogen-bond acceptors (Lipinski definition) is 6. The standard InChI is InChI=1S/C25H23N5O2S/c1-16-10-9-11-17(2)22(16)30-25(27-28-29-30)33-18(3)24(32)26-21-15-8-7-14-20(21)23(31)19-12-5-4-6-13-19/h4-15,18H,1-3H3,(H,26,32)/t18-/m1/s1. The highest BCUT2D eigenvalue weighted by atomic mass is 32.2. The van der Waals surface area contributed by atoms with Crippen molar-refractivity contribution in [2.45, 2.75) is 31.2 Å². The zero-order valence-electron chi connectivity index (χ0n) is 18.5. The molecule has 0 saturated heterocycles. The third-order valence-corrected chi connectivity index (χ3v) is 6.24. The van der Waals surface area contributed by atoms with Gasteiger partial charge in [-0.15, -0.1) is 5.10 Å². The second kappa shape index (κ2) is 9.79. The Morgan fingerprint density at radius 1 is 0.909 bits per heavy atom. The molecule has 1 amide bonds. The molecule has 0 aliphatic rings. The van der Waals surface area contributed by atoms with E-state index in [2.05, 4.69) is 20.8 Å². The van der Waals surface area contributed by atoms with E-state index in [-0.39, 0.29) is 11.7 Å². The molecular formula is C25H23N5O2S. The molecule has 33 heavy (non-hydrogen) atoms. The van der Waals surface area contributed by atoms with Gasteiger partial charge in [0.1, 0.15) is 0 Å². The fourth-order valence-corrected chi connectivity index (χ4v) is 4.31. The van der Waals surface area contributed by atoms with Gasteiger partial charge in [-0.25, -0.2) is 0 Å². The third kappa shape index (κ3) is 4.85. The second-order valence-corrected chi connectivity index (χ2v) is 8.91. The minimum absolute atomic E-state index is 0.147. The summed E-state index contributed by atoms with van der Waals surface area (Å²) in [7, 11) is 0. The number of tetrazole rings is 1. The first-order chi connectivity index (χ1) is 16.0. The van der Waals surface area contributed by atoms with Crippen molar-refractivity contribution < 1.29 is 9.59 Å². The summed E-state index contributed by atoms with van der Waals surface area (Å²) in [4.78, 5) is 26.0. The molecule has 0 saturated carbocycles. The van der Waals surface area contributed by atoms with Crippen molar-refractivity contribution in [2.75, 3.05) is 5.32 Å². The zero-order chi connectivity index (χ0) is 23.4. The van der Waals surface area contributed by atoms with Crippen LogP contribution in [0.4, 0.5) is 5.69 Å². The molecule has 8 heteroatoms. The van der Waals surface area contributed by atoms with Crippen molar-refractivity contribution in [3.63, 3.8) is 0 Å². The lowest BCUT2D eigenvalue weighted by atomic mass is 10.0. The lowest BCUT2D eigenvalue weighted by Crippen LogP contribution is -2.24. The lowest BCUT2D eigenvalue weighted by Gasteiger charge is -2.15. The molecule has 0 spiro atoms. The van der Waals surface area contributed by atoms with Gasteiger partial charge in [0.25, 0.3) is 0 Å². The van der Waals surface area contributed by atoms with Crippen LogP contribution in [0, 0.1) is 13.8 Å². The highest BCUT2D eigenvalue weighted by molar-refractivity contribution is 8.00. The second-order valence-electron chi connectivity index (χ2n) is 7.60. The molecule has 7 nitrogen and oxygen atoms in total. The number of nitrogens with one attached hydrogen (secondary N) is 1. The minimum Gasteiger partial charge on any atom is -0.324 e. The van der Waals surface area contributed by atoms with Crippen molar-refractivity contribution >= 4 is 29.1 Å². The van der Waals surface area contributed by atoms with E-state index in [1.807, 2.05) is 50.2 Å². The fourth-order valence-electron chi connectivity index (χ4n) is 3.51. The number of anilines is 1. The van der Waals surface area contributed by atoms with Crippen molar-refractivity contribution in [2.24, 2.45) is 0 Å². The minimum atomic E-state index is -0.501. The number of carbonyl (C=O) groups excluding carboxylic acids is 2. The van der Waals surface area contributed by atoms with E-state index in [1.54, 1.807) is 48.0 Å². The lowest BCUT2D eigenvalue weighted by molar-refractivity contribution is -0.115. The van der Waals surface area contributed by atoms with Crippen LogP contribution in [-0.4, -0.2) is 37.1 Å². The number of aryl methyl sites for hydroxylation is 2. The first-order valence-electron chi connectivity index (χ1n) is 10.5. The van der Waals surface area contributed by atoms with Crippen LogP contribution in [0.3, 0.4) is 0 Å². The zero-order valence-corrected chi connectivity index (χ0v) is 19.3. The highest BCUT2D eigenvalue weighted by Gasteiger charge is 2.22. The van der Waals surface area contributed by atoms with Gasteiger partial charge in [0.05, 0.1) is 16.6 Å². The number of carbonyl (C=O) groups is 2. The predicted octanol–water partition coefficient (Wildman–Crippen LogP) is 4.63. The van der Waals surface area contributed by atoms with E-state index in [9.17, 15) is 9.59 Å². The van der Waals surface area contributed by atoms with Crippen LogP contribution in [0.25, 0.3) is 5.69 Å². The molecule has 0 aliphatic heterocycles. The Kier molecular flexibility index (Phi) is 6.65. The summed E-state index contributed by atoms with van der Waals surface area (Å²) in [5.74, 6) is -0.393. The van der Waals surface area contributed by atoms with Gasteiger partial charge >= 0.3 is 0 Å². The Hall–Kier alpha value is -3.78. The molecule has 1 heterocycles. The molecule has 3 aromatic carbocycles. The number of benzene rings is 3. The average molecular weight is 458 g/mol. The number of nitrogens with zero attached hydrogens (tertiary/aromatic N) is 4. The van der Waals surface area contributed by atoms with E-state index < -0.39 is 5.25 Å². The van der Waals surface area contributed by atoms with Crippen molar-refractivity contribution in [1.29, 1.82) is 0 Å². The van der Waals surface area contributed by atoms with Gasteiger partial charge in [0, 0.05) is 11.1 Å². The monoisotopic (exact) mass is 457 g/mol. The number of aromatic nitrogens is 4. The summed E-state index contributed by atoms with van der Waals surface area (Å²) >= 11 is 1.26. The van der Waals surface area contributed by atoms with E-state index in [0.717, 1.165) is 16.8 Å². The van der Waals surface area contributed by atoms with Crippen LogP contribution in [0.15, 0.2) is 78.0 Å². The SMILES string of the molecule is Cc1cccc(C)c1-n1nnnc1S[C@H](C)C(=O)Nc1ccccc1C(=O)c1ccccc1. The summed E-state index contributed by atoms with van der Waals surface area (Å²) < 4.78 is 1.66. The molecule has 0 bridgehead atoms. The van der Waals surface area contributed by atoms with E-state index in [0.29, 0.717) is 22.0 Å². The Balaban J connectivity index is 1.53. The normalized spacial score (nSPS) is 11.7. The molecule has 0 radical (unpaired) electrons. The molecule has 0 unspecified atom stereocenters. The van der Waals surface area contributed by atoms with Crippen LogP contribution in [0.5, 0.6) is 0 Å². The fraction of sp³-hybridized carbons (Fsp3) is 0.160. The first-order valence-corrected chi connectivity index (χ1v) is 11.3. The van der Waals surface area contributed by atoms with E-state index in [4.69, 9.17) is 0 Å². The third-order valence-electron chi connectivity index (χ3n) is 5.21. The molecule has 0 fully saturated rings. The van der Waals surface area contributed by atoms with Crippen LogP contribution >= 0.6 is 11.8 Å². The van der Waals surface area contributed by atoms with Gasteiger partial charge in [-0.2, -0.15) is 4.68 Å². The summed E-state index contributed by atoms with van der Waals surface area (Å²) in [6.07, 6.45) is 0. The highest BCUT2D eigenvalue weighted by Crippen LogP contribution is 2.27. The largest absolute Gasteiger partial charge is 0.324 e. The number of ketones is 1. The summed E-state index contributed by atoms with van der Waals surface area (Å²) in [5, 5.41) is 15.0. The maximum absolute atomic E-state index is 13.0. The molecule has 1 N–H and O–H groups in total. The quantitative estimate of drug-likeness (QED) is 0.321. The van der Waals surface area contributed by atoms with Crippen molar-refractivity contribution in [3.05, 3.63) is 95.1 Å². The number of para-hydroxylation sites is 2. The Bertz CT molecular complexity index is 1280. The maximum atomic E-state index is 13.0. The topological polar surface area (TPSA) is 89.8 Å². The molecular weight excluding hydrogens is 434 g/mol. The predicted molar refractivity (Wildman–Crippen MR) is 129 cm³/mol. The average Bonchev–Trinajstić information content (AvgIpc) is 3.27. The van der Waals surface area contributed by atoms with Gasteiger partial charge < -0.3 is 5.32 Å². The van der Waals surface area contributed by atoms with Gasteiger partial charge in [0.15, 0.2) is 5.78 Å². The van der Waals surface area contributed by atoms with Crippen LogP contribution in [0.1, 0.15) is 34.0 Å². The number of hydrogen-bond donors (Lipinski definition) is 1. The number of amides is 1. The number of thioether (sulfide) groups is 1. The van der Waals surface area contributed by atoms with Gasteiger partial charge in [-0.1, -0.05) is 72.4 Å².